The first-order valence-electron chi connectivity index (χ1n) is 8.53. The maximum absolute atomic E-state index is 13.2. The van der Waals surface area contributed by atoms with E-state index in [2.05, 4.69) is 10.0 Å². The van der Waals surface area contributed by atoms with Gasteiger partial charge in [0, 0.05) is 36.6 Å². The van der Waals surface area contributed by atoms with Crippen LogP contribution in [0.3, 0.4) is 0 Å². The summed E-state index contributed by atoms with van der Waals surface area (Å²) in [6.07, 6.45) is -1.48. The lowest BCUT2D eigenvalue weighted by Gasteiger charge is -2.23. The van der Waals surface area contributed by atoms with E-state index in [0.717, 1.165) is 12.1 Å². The van der Waals surface area contributed by atoms with Gasteiger partial charge in [-0.3, -0.25) is 0 Å². The fraction of sp³-hybridized carbons (Fsp3) is 0.368. The summed E-state index contributed by atoms with van der Waals surface area (Å²) in [7, 11) is 1.47. The molecule has 0 unspecified atom stereocenters. The molecular weight excluding hydrogens is 372 g/mol. The van der Waals surface area contributed by atoms with Crippen LogP contribution >= 0.6 is 0 Å². The average Bonchev–Trinajstić information content (AvgIpc) is 2.68. The number of hydrogen-bond donors (Lipinski definition) is 1. The van der Waals surface area contributed by atoms with Gasteiger partial charge in [0.2, 0.25) is 0 Å². The zero-order chi connectivity index (χ0) is 20.4. The quantitative estimate of drug-likeness (QED) is 0.356. The van der Waals surface area contributed by atoms with Crippen molar-refractivity contribution in [2.45, 2.75) is 24.7 Å². The van der Waals surface area contributed by atoms with Crippen LogP contribution < -0.4 is 9.47 Å². The number of benzene rings is 2. The molecule has 0 spiro atoms. The molecule has 3 atom stereocenters. The van der Waals surface area contributed by atoms with Crippen molar-refractivity contribution in [3.63, 3.8) is 0 Å². The highest BCUT2D eigenvalue weighted by Crippen LogP contribution is 2.18. The van der Waals surface area contributed by atoms with E-state index in [1.165, 1.54) is 7.11 Å². The third-order valence-electron chi connectivity index (χ3n) is 3.92. The predicted octanol–water partition coefficient (Wildman–Crippen LogP) is 3.87. The lowest BCUT2D eigenvalue weighted by atomic mass is 10.1. The lowest BCUT2D eigenvalue weighted by Crippen LogP contribution is -2.35. The van der Waals surface area contributed by atoms with Crippen molar-refractivity contribution < 1.29 is 28.1 Å². The molecule has 0 saturated heterocycles. The van der Waals surface area contributed by atoms with Gasteiger partial charge < -0.3 is 19.3 Å². The van der Waals surface area contributed by atoms with Crippen molar-refractivity contribution in [2.75, 3.05) is 20.3 Å². The predicted molar refractivity (Wildman–Crippen MR) is 98.1 cm³/mol. The van der Waals surface area contributed by atoms with Crippen LogP contribution in [0.1, 0.15) is 6.42 Å². The third-order valence-corrected chi connectivity index (χ3v) is 3.92. The molecule has 1 N–H and O–H groups in total. The van der Waals surface area contributed by atoms with E-state index in [-0.39, 0.29) is 25.4 Å². The van der Waals surface area contributed by atoms with Gasteiger partial charge in [-0.2, -0.15) is 0 Å². The molecule has 0 aliphatic carbocycles. The van der Waals surface area contributed by atoms with Crippen molar-refractivity contribution in [1.29, 1.82) is 0 Å². The molecule has 2 aromatic rings. The van der Waals surface area contributed by atoms with Crippen molar-refractivity contribution in [1.82, 2.24) is 0 Å². The van der Waals surface area contributed by atoms with Crippen LogP contribution in [0, 0.1) is 11.6 Å². The summed E-state index contributed by atoms with van der Waals surface area (Å²) >= 11 is 0. The second-order valence-corrected chi connectivity index (χ2v) is 5.97. The number of rotatable bonds is 11. The minimum absolute atomic E-state index is 0.0708. The molecule has 0 aliphatic heterocycles. The Bertz CT molecular complexity index is 768. The van der Waals surface area contributed by atoms with Crippen LogP contribution in [0.4, 0.5) is 8.78 Å². The Labute approximate surface area is 161 Å². The Morgan fingerprint density at radius 2 is 1.68 bits per heavy atom. The van der Waals surface area contributed by atoms with Gasteiger partial charge in [0.1, 0.15) is 29.7 Å². The second kappa shape index (κ2) is 11.1. The lowest BCUT2D eigenvalue weighted by molar-refractivity contribution is 0.00499. The van der Waals surface area contributed by atoms with Crippen LogP contribution in [0.5, 0.6) is 11.5 Å². The molecule has 0 bridgehead atoms. The monoisotopic (exact) mass is 393 g/mol. The Hall–Kier alpha value is -2.87. The number of azide groups is 1. The first kappa shape index (κ1) is 21.4. The number of halogens is 2. The van der Waals surface area contributed by atoms with Crippen molar-refractivity contribution >= 4 is 0 Å². The average molecular weight is 393 g/mol. The number of nitrogens with zero attached hydrogens (tertiary/aromatic N) is 3. The Kier molecular flexibility index (Phi) is 8.48. The van der Waals surface area contributed by atoms with Gasteiger partial charge in [0.25, 0.3) is 0 Å². The van der Waals surface area contributed by atoms with Gasteiger partial charge in [-0.25, -0.2) is 8.78 Å². The molecule has 0 aliphatic rings. The van der Waals surface area contributed by atoms with E-state index in [4.69, 9.17) is 19.7 Å². The molecule has 9 heteroatoms. The summed E-state index contributed by atoms with van der Waals surface area (Å²) in [5.74, 6) is -1.01. The van der Waals surface area contributed by atoms with E-state index < -0.39 is 29.9 Å². The maximum atomic E-state index is 13.2. The highest BCUT2D eigenvalue weighted by Gasteiger charge is 2.24. The van der Waals surface area contributed by atoms with E-state index in [1.54, 1.807) is 12.1 Å². The molecule has 0 amide bonds. The first-order valence-corrected chi connectivity index (χ1v) is 8.53. The molecule has 2 rings (SSSR count). The van der Waals surface area contributed by atoms with Gasteiger partial charge in [-0.15, -0.1) is 0 Å². The fourth-order valence-corrected chi connectivity index (χ4v) is 2.45. The summed E-state index contributed by atoms with van der Waals surface area (Å²) in [5, 5.41) is 13.9. The molecule has 0 saturated carbocycles. The van der Waals surface area contributed by atoms with Crippen LogP contribution in [0.25, 0.3) is 10.4 Å². The number of aliphatic hydroxyl groups excluding tert-OH is 1. The molecular formula is C19H21F2N3O4. The standard InChI is InChI=1S/C19H21F2N3O4/c1-26-17(11-27-15-5-3-2-4-6-15)10-19(25)18(23-24-22)12-28-16-8-13(20)7-14(21)9-16/h2-9,17-19,25H,10-12H2,1H3/t17-,18+,19+/m1/s1. The van der Waals surface area contributed by atoms with Crippen LogP contribution in [-0.2, 0) is 4.74 Å². The minimum atomic E-state index is -1.11. The van der Waals surface area contributed by atoms with Crippen LogP contribution in [0.2, 0.25) is 0 Å². The number of para-hydroxylation sites is 1. The van der Waals surface area contributed by atoms with Gasteiger partial charge in [0.15, 0.2) is 0 Å². The summed E-state index contributed by atoms with van der Waals surface area (Å²) in [6.45, 7) is -0.0827. The Morgan fingerprint density at radius 1 is 1.04 bits per heavy atom. The third kappa shape index (κ3) is 7.03. The zero-order valence-corrected chi connectivity index (χ0v) is 15.2. The van der Waals surface area contributed by atoms with Crippen molar-refractivity contribution in [3.8, 4) is 11.5 Å². The van der Waals surface area contributed by atoms with Crippen LogP contribution in [-0.4, -0.2) is 43.7 Å². The molecule has 0 heterocycles. The zero-order valence-electron chi connectivity index (χ0n) is 15.2. The van der Waals surface area contributed by atoms with E-state index in [0.29, 0.717) is 11.8 Å². The normalized spacial score (nSPS) is 13.9. The molecule has 0 aromatic heterocycles. The Balaban J connectivity index is 1.92. The van der Waals surface area contributed by atoms with E-state index in [1.807, 2.05) is 18.2 Å². The van der Waals surface area contributed by atoms with Gasteiger partial charge in [-0.1, -0.05) is 23.3 Å². The molecule has 7 nitrogen and oxygen atoms in total. The topological polar surface area (TPSA) is 96.7 Å². The summed E-state index contributed by atoms with van der Waals surface area (Å²) in [6, 6.07) is 10.8. The second-order valence-electron chi connectivity index (χ2n) is 5.97. The number of aliphatic hydroxyl groups is 1. The first-order chi connectivity index (χ1) is 13.5. The van der Waals surface area contributed by atoms with Crippen LogP contribution in [0.15, 0.2) is 53.6 Å². The van der Waals surface area contributed by atoms with Gasteiger partial charge >= 0.3 is 0 Å². The number of ether oxygens (including phenoxy) is 3. The Morgan fingerprint density at radius 3 is 2.29 bits per heavy atom. The largest absolute Gasteiger partial charge is 0.493 e. The maximum Gasteiger partial charge on any atom is 0.129 e. The summed E-state index contributed by atoms with van der Waals surface area (Å²) in [5.41, 5.74) is 8.73. The molecule has 2 aromatic carbocycles. The minimum Gasteiger partial charge on any atom is -0.493 e. The molecule has 0 fully saturated rings. The highest BCUT2D eigenvalue weighted by molar-refractivity contribution is 5.24. The molecule has 28 heavy (non-hydrogen) atoms. The SMILES string of the molecule is CO[C@@H](COc1ccccc1)C[C@H](O)[C@H](COc1cc(F)cc(F)c1)N=[N+]=[N-]. The summed E-state index contributed by atoms with van der Waals surface area (Å²) < 4.78 is 42.6. The molecule has 0 radical (unpaired) electrons. The number of methoxy groups -OCH3 is 1. The summed E-state index contributed by atoms with van der Waals surface area (Å²) in [4.78, 5) is 2.70. The number of hydrogen-bond acceptors (Lipinski definition) is 5. The molecule has 150 valence electrons. The van der Waals surface area contributed by atoms with E-state index in [9.17, 15) is 13.9 Å². The van der Waals surface area contributed by atoms with Gasteiger partial charge in [-0.05, 0) is 17.7 Å². The van der Waals surface area contributed by atoms with Gasteiger partial charge in [0.05, 0.1) is 24.9 Å². The fourth-order valence-electron chi connectivity index (χ4n) is 2.45. The van der Waals surface area contributed by atoms with Crippen molar-refractivity contribution in [2.24, 2.45) is 5.11 Å². The smallest absolute Gasteiger partial charge is 0.129 e. The highest BCUT2D eigenvalue weighted by atomic mass is 19.1. The van der Waals surface area contributed by atoms with E-state index >= 15 is 0 Å². The van der Waals surface area contributed by atoms with Crippen molar-refractivity contribution in [3.05, 3.63) is 70.6 Å².